The molecule has 0 unspecified atom stereocenters. The molecule has 0 bridgehead atoms. The highest BCUT2D eigenvalue weighted by Gasteiger charge is 2.18. The Bertz CT molecular complexity index is 892. The van der Waals surface area contributed by atoms with Crippen molar-refractivity contribution in [3.8, 4) is 0 Å². The third kappa shape index (κ3) is 5.24. The van der Waals surface area contributed by atoms with Gasteiger partial charge in [0.15, 0.2) is 0 Å². The standard InChI is InChI=1S/C24H32N4O/c1-2-29-18-17-28-23-12-7-6-11-22(23)25-24(28)20-27-14-8-13-26(15-16-27)19-21-9-4-3-5-10-21/h3-7,9-12H,2,8,13-20H2,1H3. The second-order valence-electron chi connectivity index (χ2n) is 7.76. The van der Waals surface area contributed by atoms with Crippen molar-refractivity contribution < 1.29 is 4.74 Å². The van der Waals surface area contributed by atoms with E-state index in [4.69, 9.17) is 9.72 Å². The number of hydrogen-bond donors (Lipinski definition) is 0. The quantitative estimate of drug-likeness (QED) is 0.546. The normalized spacial score (nSPS) is 16.3. The van der Waals surface area contributed by atoms with E-state index in [1.807, 2.05) is 6.92 Å². The minimum absolute atomic E-state index is 0.731. The van der Waals surface area contributed by atoms with Crippen LogP contribution in [0.3, 0.4) is 0 Å². The number of benzene rings is 2. The van der Waals surface area contributed by atoms with Crippen LogP contribution in [0.1, 0.15) is 24.7 Å². The maximum atomic E-state index is 5.62. The van der Waals surface area contributed by atoms with E-state index < -0.39 is 0 Å². The molecule has 1 aliphatic heterocycles. The second kappa shape index (κ2) is 10.0. The Morgan fingerprint density at radius 2 is 1.59 bits per heavy atom. The monoisotopic (exact) mass is 392 g/mol. The number of hydrogen-bond acceptors (Lipinski definition) is 4. The highest BCUT2D eigenvalue weighted by atomic mass is 16.5. The van der Waals surface area contributed by atoms with Crippen molar-refractivity contribution in [3.63, 3.8) is 0 Å². The number of para-hydroxylation sites is 2. The molecule has 0 amide bonds. The molecular weight excluding hydrogens is 360 g/mol. The van der Waals surface area contributed by atoms with Crippen LogP contribution in [0.2, 0.25) is 0 Å². The zero-order valence-electron chi connectivity index (χ0n) is 17.5. The van der Waals surface area contributed by atoms with Gasteiger partial charge in [-0.15, -0.1) is 0 Å². The summed E-state index contributed by atoms with van der Waals surface area (Å²) in [7, 11) is 0. The lowest BCUT2D eigenvalue weighted by atomic mass is 10.2. The molecule has 1 saturated heterocycles. The van der Waals surface area contributed by atoms with E-state index in [0.29, 0.717) is 0 Å². The number of rotatable bonds is 8. The Morgan fingerprint density at radius 3 is 2.38 bits per heavy atom. The van der Waals surface area contributed by atoms with Crippen molar-refractivity contribution >= 4 is 11.0 Å². The summed E-state index contributed by atoms with van der Waals surface area (Å²) in [6.45, 7) is 10.8. The average molecular weight is 393 g/mol. The molecular formula is C24H32N4O. The summed E-state index contributed by atoms with van der Waals surface area (Å²) < 4.78 is 7.97. The maximum absolute atomic E-state index is 5.62. The minimum Gasteiger partial charge on any atom is -0.380 e. The van der Waals surface area contributed by atoms with E-state index in [9.17, 15) is 0 Å². The summed E-state index contributed by atoms with van der Waals surface area (Å²) in [5.41, 5.74) is 3.70. The van der Waals surface area contributed by atoms with Crippen molar-refractivity contribution in [1.29, 1.82) is 0 Å². The van der Waals surface area contributed by atoms with Crippen LogP contribution in [0, 0.1) is 0 Å². The fourth-order valence-electron chi connectivity index (χ4n) is 4.18. The van der Waals surface area contributed by atoms with Gasteiger partial charge in [0.05, 0.1) is 24.2 Å². The van der Waals surface area contributed by atoms with E-state index in [0.717, 1.165) is 70.4 Å². The van der Waals surface area contributed by atoms with E-state index >= 15 is 0 Å². The van der Waals surface area contributed by atoms with E-state index in [2.05, 4.69) is 69.0 Å². The lowest BCUT2D eigenvalue weighted by Crippen LogP contribution is -2.31. The molecule has 2 heterocycles. The molecule has 1 aliphatic rings. The maximum Gasteiger partial charge on any atom is 0.124 e. The summed E-state index contributed by atoms with van der Waals surface area (Å²) in [6, 6.07) is 19.2. The molecule has 0 radical (unpaired) electrons. The number of imidazole rings is 1. The van der Waals surface area contributed by atoms with Crippen LogP contribution in [-0.2, 0) is 24.4 Å². The number of nitrogens with zero attached hydrogens (tertiary/aromatic N) is 4. The predicted molar refractivity (Wildman–Crippen MR) is 118 cm³/mol. The van der Waals surface area contributed by atoms with Gasteiger partial charge in [0.25, 0.3) is 0 Å². The summed E-state index contributed by atoms with van der Waals surface area (Å²) in [6.07, 6.45) is 1.20. The van der Waals surface area contributed by atoms with Crippen LogP contribution in [-0.4, -0.2) is 58.7 Å². The van der Waals surface area contributed by atoms with Crippen molar-refractivity contribution in [2.75, 3.05) is 39.4 Å². The number of aromatic nitrogens is 2. The highest BCUT2D eigenvalue weighted by Crippen LogP contribution is 2.18. The lowest BCUT2D eigenvalue weighted by molar-refractivity contribution is 0.138. The van der Waals surface area contributed by atoms with Crippen LogP contribution in [0.4, 0.5) is 0 Å². The summed E-state index contributed by atoms with van der Waals surface area (Å²) in [5.74, 6) is 1.16. The van der Waals surface area contributed by atoms with Gasteiger partial charge in [0.1, 0.15) is 5.82 Å². The Morgan fingerprint density at radius 1 is 0.862 bits per heavy atom. The van der Waals surface area contributed by atoms with Crippen molar-refractivity contribution in [2.45, 2.75) is 33.0 Å². The lowest BCUT2D eigenvalue weighted by Gasteiger charge is -2.22. The fraction of sp³-hybridized carbons (Fsp3) is 0.458. The molecule has 0 saturated carbocycles. The summed E-state index contributed by atoms with van der Waals surface area (Å²) in [4.78, 5) is 10.1. The first-order valence-electron chi connectivity index (χ1n) is 10.8. The van der Waals surface area contributed by atoms with Crippen LogP contribution in [0.5, 0.6) is 0 Å². The van der Waals surface area contributed by atoms with E-state index in [-0.39, 0.29) is 0 Å². The number of ether oxygens (including phenoxy) is 1. The number of fused-ring (bicyclic) bond motifs is 1. The van der Waals surface area contributed by atoms with Crippen LogP contribution < -0.4 is 0 Å². The van der Waals surface area contributed by atoms with Crippen molar-refractivity contribution in [1.82, 2.24) is 19.4 Å². The average Bonchev–Trinajstić information content (AvgIpc) is 2.93. The molecule has 29 heavy (non-hydrogen) atoms. The summed E-state index contributed by atoms with van der Waals surface area (Å²) >= 11 is 0. The Hall–Kier alpha value is -2.21. The second-order valence-corrected chi connectivity index (χ2v) is 7.76. The third-order valence-electron chi connectivity index (χ3n) is 5.69. The molecule has 0 aliphatic carbocycles. The fourth-order valence-corrected chi connectivity index (χ4v) is 4.18. The van der Waals surface area contributed by atoms with Gasteiger partial charge in [-0.2, -0.15) is 0 Å². The van der Waals surface area contributed by atoms with E-state index in [1.165, 1.54) is 17.5 Å². The van der Waals surface area contributed by atoms with Gasteiger partial charge in [-0.05, 0) is 44.1 Å². The summed E-state index contributed by atoms with van der Waals surface area (Å²) in [5, 5.41) is 0. The Kier molecular flexibility index (Phi) is 6.93. The highest BCUT2D eigenvalue weighted by molar-refractivity contribution is 5.75. The first-order chi connectivity index (χ1) is 14.3. The third-order valence-corrected chi connectivity index (χ3v) is 5.69. The van der Waals surface area contributed by atoms with Gasteiger partial charge in [-0.1, -0.05) is 42.5 Å². The van der Waals surface area contributed by atoms with Crippen molar-refractivity contribution in [3.05, 3.63) is 66.0 Å². The molecule has 1 aromatic heterocycles. The van der Waals surface area contributed by atoms with Crippen LogP contribution in [0.25, 0.3) is 11.0 Å². The van der Waals surface area contributed by atoms with Gasteiger partial charge in [-0.3, -0.25) is 9.80 Å². The Balaban J connectivity index is 1.42. The topological polar surface area (TPSA) is 33.5 Å². The largest absolute Gasteiger partial charge is 0.380 e. The van der Waals surface area contributed by atoms with Gasteiger partial charge in [0.2, 0.25) is 0 Å². The minimum atomic E-state index is 0.731. The SMILES string of the molecule is CCOCCn1c(CN2CCCN(Cc3ccccc3)CC2)nc2ccccc21. The molecule has 0 N–H and O–H groups in total. The molecule has 3 aromatic rings. The molecule has 5 heteroatoms. The molecule has 0 spiro atoms. The smallest absolute Gasteiger partial charge is 0.124 e. The van der Waals surface area contributed by atoms with Gasteiger partial charge in [-0.25, -0.2) is 4.98 Å². The van der Waals surface area contributed by atoms with Crippen molar-refractivity contribution in [2.24, 2.45) is 0 Å². The molecule has 2 aromatic carbocycles. The van der Waals surface area contributed by atoms with Gasteiger partial charge < -0.3 is 9.30 Å². The molecule has 5 nitrogen and oxygen atoms in total. The molecule has 154 valence electrons. The first kappa shape index (κ1) is 20.1. The first-order valence-corrected chi connectivity index (χ1v) is 10.8. The Labute approximate surface area is 173 Å². The zero-order chi connectivity index (χ0) is 19.9. The molecule has 1 fully saturated rings. The molecule has 4 rings (SSSR count). The van der Waals surface area contributed by atoms with Gasteiger partial charge >= 0.3 is 0 Å². The zero-order valence-corrected chi connectivity index (χ0v) is 17.5. The van der Waals surface area contributed by atoms with Gasteiger partial charge in [0, 0.05) is 32.8 Å². The predicted octanol–water partition coefficient (Wildman–Crippen LogP) is 3.78. The van der Waals surface area contributed by atoms with Crippen LogP contribution in [0.15, 0.2) is 54.6 Å². The molecule has 0 atom stereocenters. The van der Waals surface area contributed by atoms with Crippen LogP contribution >= 0.6 is 0 Å². The van der Waals surface area contributed by atoms with E-state index in [1.54, 1.807) is 0 Å².